The van der Waals surface area contributed by atoms with E-state index in [1.807, 2.05) is 26.8 Å². The van der Waals surface area contributed by atoms with E-state index < -0.39 is 5.60 Å². The third-order valence-corrected chi connectivity index (χ3v) is 2.77. The fourth-order valence-electron chi connectivity index (χ4n) is 1.57. The smallest absolute Gasteiger partial charge is 0.106 e. The Kier molecular flexibility index (Phi) is 3.24. The predicted octanol–water partition coefficient (Wildman–Crippen LogP) is 1.19. The fraction of sp³-hybridized carbons (Fsp3) is 0.545. The fourth-order valence-corrected chi connectivity index (χ4v) is 1.57. The molecule has 0 aliphatic heterocycles. The minimum atomic E-state index is -0.960. The number of pyridine rings is 1. The largest absolute Gasteiger partial charge is 0.383 e. The van der Waals surface area contributed by atoms with Crippen LogP contribution in [-0.2, 0) is 5.60 Å². The van der Waals surface area contributed by atoms with Crippen molar-refractivity contribution in [2.45, 2.75) is 26.4 Å². The summed E-state index contributed by atoms with van der Waals surface area (Å²) in [6.45, 7) is 6.09. The van der Waals surface area contributed by atoms with E-state index in [0.29, 0.717) is 0 Å². The molecule has 0 amide bonds. The molecule has 0 aliphatic carbocycles. The van der Waals surface area contributed by atoms with Crippen LogP contribution in [0.1, 0.15) is 25.0 Å². The molecule has 1 aromatic heterocycles. The number of rotatable bonds is 3. The first-order chi connectivity index (χ1) is 6.52. The van der Waals surface area contributed by atoms with Crippen molar-refractivity contribution in [1.29, 1.82) is 0 Å². The number of aryl methyl sites for hydroxylation is 1. The average molecular weight is 194 g/mol. The Balaban J connectivity index is 3.19. The molecule has 1 heterocycles. The molecular weight excluding hydrogens is 176 g/mol. The van der Waals surface area contributed by atoms with Crippen LogP contribution >= 0.6 is 0 Å². The summed E-state index contributed by atoms with van der Waals surface area (Å²) in [5.41, 5.74) is 6.53. The van der Waals surface area contributed by atoms with Gasteiger partial charge in [-0.05, 0) is 24.5 Å². The van der Waals surface area contributed by atoms with Gasteiger partial charge in [0.25, 0.3) is 0 Å². The topological polar surface area (TPSA) is 59.1 Å². The number of hydrogen-bond donors (Lipinski definition) is 2. The summed E-state index contributed by atoms with van der Waals surface area (Å²) in [6, 6.07) is 1.89. The second-order valence-corrected chi connectivity index (χ2v) is 3.97. The SMILES string of the molecule is Cc1ccncc1C(O)(CN)C(C)C. The molecule has 0 spiro atoms. The van der Waals surface area contributed by atoms with Crippen LogP contribution in [0.5, 0.6) is 0 Å². The van der Waals surface area contributed by atoms with Crippen molar-refractivity contribution in [2.24, 2.45) is 11.7 Å². The summed E-state index contributed by atoms with van der Waals surface area (Å²) < 4.78 is 0. The maximum Gasteiger partial charge on any atom is 0.106 e. The maximum atomic E-state index is 10.4. The van der Waals surface area contributed by atoms with E-state index in [4.69, 9.17) is 5.73 Å². The highest BCUT2D eigenvalue weighted by Gasteiger charge is 2.32. The lowest BCUT2D eigenvalue weighted by Gasteiger charge is -2.32. The second kappa shape index (κ2) is 4.07. The highest BCUT2D eigenvalue weighted by molar-refractivity contribution is 5.28. The van der Waals surface area contributed by atoms with Gasteiger partial charge in [-0.2, -0.15) is 0 Å². The third-order valence-electron chi connectivity index (χ3n) is 2.77. The van der Waals surface area contributed by atoms with Crippen molar-refractivity contribution < 1.29 is 5.11 Å². The molecule has 0 aromatic carbocycles. The Labute approximate surface area is 85.0 Å². The van der Waals surface area contributed by atoms with Crippen LogP contribution in [0.2, 0.25) is 0 Å². The molecule has 3 heteroatoms. The van der Waals surface area contributed by atoms with E-state index in [9.17, 15) is 5.11 Å². The zero-order valence-corrected chi connectivity index (χ0v) is 8.99. The first kappa shape index (κ1) is 11.1. The molecular formula is C11H18N2O. The standard InChI is InChI=1S/C11H18N2O/c1-8(2)11(14,7-12)10-6-13-5-4-9(10)3/h4-6,8,14H,7,12H2,1-3H3. The van der Waals surface area contributed by atoms with Gasteiger partial charge < -0.3 is 10.8 Å². The lowest BCUT2D eigenvalue weighted by atomic mass is 9.82. The van der Waals surface area contributed by atoms with Crippen molar-refractivity contribution in [1.82, 2.24) is 4.98 Å². The van der Waals surface area contributed by atoms with E-state index in [-0.39, 0.29) is 12.5 Å². The van der Waals surface area contributed by atoms with Crippen molar-refractivity contribution in [3.05, 3.63) is 29.6 Å². The van der Waals surface area contributed by atoms with Gasteiger partial charge in [0.2, 0.25) is 0 Å². The molecule has 0 bridgehead atoms. The molecule has 3 N–H and O–H groups in total. The average Bonchev–Trinajstić information content (AvgIpc) is 2.17. The zero-order chi connectivity index (χ0) is 10.8. The van der Waals surface area contributed by atoms with Gasteiger partial charge in [-0.3, -0.25) is 4.98 Å². The Hall–Kier alpha value is -0.930. The normalized spacial score (nSPS) is 15.6. The van der Waals surface area contributed by atoms with Gasteiger partial charge in [0, 0.05) is 24.5 Å². The summed E-state index contributed by atoms with van der Waals surface area (Å²) in [7, 11) is 0. The molecule has 14 heavy (non-hydrogen) atoms. The van der Waals surface area contributed by atoms with E-state index in [0.717, 1.165) is 11.1 Å². The van der Waals surface area contributed by atoms with E-state index in [2.05, 4.69) is 4.98 Å². The van der Waals surface area contributed by atoms with Gasteiger partial charge in [0.1, 0.15) is 5.60 Å². The Morgan fingerprint density at radius 2 is 2.21 bits per heavy atom. The lowest BCUT2D eigenvalue weighted by molar-refractivity contribution is -0.00201. The minimum Gasteiger partial charge on any atom is -0.383 e. The third kappa shape index (κ3) is 1.79. The van der Waals surface area contributed by atoms with Crippen LogP contribution in [0.25, 0.3) is 0 Å². The highest BCUT2D eigenvalue weighted by atomic mass is 16.3. The molecule has 78 valence electrons. The quantitative estimate of drug-likeness (QED) is 0.760. The predicted molar refractivity (Wildman–Crippen MR) is 56.8 cm³/mol. The molecule has 1 unspecified atom stereocenters. The number of nitrogens with zero attached hydrogens (tertiary/aromatic N) is 1. The monoisotopic (exact) mass is 194 g/mol. The zero-order valence-electron chi connectivity index (χ0n) is 8.99. The van der Waals surface area contributed by atoms with Crippen molar-refractivity contribution >= 4 is 0 Å². The van der Waals surface area contributed by atoms with Crippen LogP contribution < -0.4 is 5.73 Å². The lowest BCUT2D eigenvalue weighted by Crippen LogP contribution is -2.40. The Morgan fingerprint density at radius 1 is 1.57 bits per heavy atom. The highest BCUT2D eigenvalue weighted by Crippen LogP contribution is 2.29. The van der Waals surface area contributed by atoms with Gasteiger partial charge >= 0.3 is 0 Å². The first-order valence-corrected chi connectivity index (χ1v) is 4.86. The molecule has 0 saturated heterocycles. The van der Waals surface area contributed by atoms with Gasteiger partial charge in [0.05, 0.1) is 0 Å². The van der Waals surface area contributed by atoms with Gasteiger partial charge in [0.15, 0.2) is 0 Å². The summed E-state index contributed by atoms with van der Waals surface area (Å²) in [6.07, 6.45) is 3.41. The number of aromatic nitrogens is 1. The Bertz CT molecular complexity index is 312. The van der Waals surface area contributed by atoms with Crippen LogP contribution in [0.4, 0.5) is 0 Å². The first-order valence-electron chi connectivity index (χ1n) is 4.86. The Morgan fingerprint density at radius 3 is 2.64 bits per heavy atom. The molecule has 1 rings (SSSR count). The van der Waals surface area contributed by atoms with Gasteiger partial charge in [-0.15, -0.1) is 0 Å². The molecule has 0 fully saturated rings. The van der Waals surface area contributed by atoms with Gasteiger partial charge in [-0.1, -0.05) is 13.8 Å². The number of aliphatic hydroxyl groups is 1. The van der Waals surface area contributed by atoms with E-state index in [1.165, 1.54) is 0 Å². The molecule has 3 nitrogen and oxygen atoms in total. The van der Waals surface area contributed by atoms with Gasteiger partial charge in [-0.25, -0.2) is 0 Å². The minimum absolute atomic E-state index is 0.0791. The van der Waals surface area contributed by atoms with Crippen LogP contribution in [-0.4, -0.2) is 16.6 Å². The molecule has 0 radical (unpaired) electrons. The van der Waals surface area contributed by atoms with E-state index in [1.54, 1.807) is 12.4 Å². The number of nitrogens with two attached hydrogens (primary N) is 1. The summed E-state index contributed by atoms with van der Waals surface area (Å²) in [5, 5.41) is 10.4. The summed E-state index contributed by atoms with van der Waals surface area (Å²) >= 11 is 0. The van der Waals surface area contributed by atoms with Crippen LogP contribution in [0.3, 0.4) is 0 Å². The molecule has 0 saturated carbocycles. The van der Waals surface area contributed by atoms with Crippen LogP contribution in [0.15, 0.2) is 18.5 Å². The number of hydrogen-bond acceptors (Lipinski definition) is 3. The molecule has 1 atom stereocenters. The molecule has 0 aliphatic rings. The summed E-state index contributed by atoms with van der Waals surface area (Å²) in [4.78, 5) is 4.03. The molecule has 1 aromatic rings. The van der Waals surface area contributed by atoms with Crippen molar-refractivity contribution in [2.75, 3.05) is 6.54 Å². The maximum absolute atomic E-state index is 10.4. The van der Waals surface area contributed by atoms with Crippen molar-refractivity contribution in [3.8, 4) is 0 Å². The van der Waals surface area contributed by atoms with Crippen molar-refractivity contribution in [3.63, 3.8) is 0 Å². The van der Waals surface area contributed by atoms with Crippen LogP contribution in [0, 0.1) is 12.8 Å². The van der Waals surface area contributed by atoms with E-state index >= 15 is 0 Å². The second-order valence-electron chi connectivity index (χ2n) is 3.97. The summed E-state index contributed by atoms with van der Waals surface area (Å²) in [5.74, 6) is 0.0791.